The minimum absolute atomic E-state index is 0.0181. The second-order valence-corrected chi connectivity index (χ2v) is 15.7. The van der Waals surface area contributed by atoms with Crippen LogP contribution >= 0.6 is 0 Å². The molecule has 64 heavy (non-hydrogen) atoms. The van der Waals surface area contributed by atoms with Crippen molar-refractivity contribution in [1.29, 1.82) is 0 Å². The number of carbonyl (C=O) groups is 7. The van der Waals surface area contributed by atoms with Gasteiger partial charge in [-0.3, -0.25) is 34.1 Å². The average Bonchev–Trinajstić information content (AvgIpc) is 3.26. The van der Waals surface area contributed by atoms with Crippen LogP contribution < -0.4 is 37.6 Å². The zero-order valence-corrected chi connectivity index (χ0v) is 38.8. The summed E-state index contributed by atoms with van der Waals surface area (Å²) in [5.74, 6) is -3.36. The van der Waals surface area contributed by atoms with E-state index in [0.717, 1.165) is 19.3 Å². The summed E-state index contributed by atoms with van der Waals surface area (Å²) in [7, 11) is 1.65. The molecule has 0 aromatic carbocycles. The molecule has 5 amide bonds. The van der Waals surface area contributed by atoms with E-state index in [1.807, 2.05) is 0 Å². The topological polar surface area (TPSA) is 295 Å². The normalized spacial score (nSPS) is 12.5. The highest BCUT2D eigenvalue weighted by Crippen LogP contribution is 2.13. The minimum Gasteiger partial charge on any atom is -0.480 e. The molecular weight excluding hydrogens is 835 g/mol. The largest absolute Gasteiger partial charge is 0.480 e. The van der Waals surface area contributed by atoms with Gasteiger partial charge in [-0.25, -0.2) is 4.79 Å². The number of carboxylic acids is 1. The smallest absolute Gasteiger partial charge is 0.326 e. The Kier molecular flexibility index (Phi) is 40.6. The van der Waals surface area contributed by atoms with E-state index in [0.29, 0.717) is 32.2 Å². The maximum atomic E-state index is 12.3. The number of likely N-dealkylation sites (N-methyl/N-ethyl adjacent to an activating group) is 1. The number of aliphatic carboxylic acids is 1. The SMILES string of the molecule is CCCCCCCCCCCCCCCC(=O)N[C@@H](CCC(=O)NCCOCCOCC(=O)NCCOCCOCC(=O)NCCCC[C@H](NC)C(=O)CN[C@@H](CO)C(N)=O)C(=O)O. The van der Waals surface area contributed by atoms with Gasteiger partial charge in [-0.2, -0.15) is 0 Å². The molecule has 20 nitrogen and oxygen atoms in total. The Labute approximate surface area is 380 Å². The van der Waals surface area contributed by atoms with Crippen molar-refractivity contribution in [3.8, 4) is 0 Å². The molecule has 0 aromatic heterocycles. The van der Waals surface area contributed by atoms with E-state index < -0.39 is 36.6 Å². The molecule has 0 aliphatic heterocycles. The lowest BCUT2D eigenvalue weighted by molar-refractivity contribution is -0.142. The fraction of sp³-hybridized carbons (Fsp3) is 0.841. The predicted molar refractivity (Wildman–Crippen MR) is 241 cm³/mol. The van der Waals surface area contributed by atoms with Crippen molar-refractivity contribution in [2.75, 3.05) is 92.7 Å². The molecule has 0 saturated heterocycles. The Morgan fingerprint density at radius 1 is 0.531 bits per heavy atom. The van der Waals surface area contributed by atoms with Gasteiger partial charge in [-0.1, -0.05) is 84.0 Å². The van der Waals surface area contributed by atoms with Gasteiger partial charge in [0, 0.05) is 32.5 Å². The highest BCUT2D eigenvalue weighted by molar-refractivity contribution is 5.87. The molecule has 0 rings (SSSR count). The predicted octanol–water partition coefficient (Wildman–Crippen LogP) is 0.996. The van der Waals surface area contributed by atoms with Crippen molar-refractivity contribution in [1.82, 2.24) is 31.9 Å². The van der Waals surface area contributed by atoms with Crippen molar-refractivity contribution in [3.63, 3.8) is 0 Å². The summed E-state index contributed by atoms with van der Waals surface area (Å²) < 4.78 is 21.4. The van der Waals surface area contributed by atoms with Gasteiger partial charge in [0.2, 0.25) is 29.5 Å². The number of primary amides is 1. The summed E-state index contributed by atoms with van der Waals surface area (Å²) in [5.41, 5.74) is 5.14. The lowest BCUT2D eigenvalue weighted by Gasteiger charge is -2.17. The summed E-state index contributed by atoms with van der Waals surface area (Å²) in [5, 5.41) is 34.8. The summed E-state index contributed by atoms with van der Waals surface area (Å²) >= 11 is 0. The van der Waals surface area contributed by atoms with E-state index in [9.17, 15) is 38.7 Å². The molecule has 0 radical (unpaired) electrons. The van der Waals surface area contributed by atoms with E-state index in [-0.39, 0.29) is 121 Å². The molecule has 372 valence electrons. The summed E-state index contributed by atoms with van der Waals surface area (Å²) in [6.45, 7) is 3.39. The van der Waals surface area contributed by atoms with Gasteiger partial charge in [-0.05, 0) is 39.2 Å². The summed E-state index contributed by atoms with van der Waals surface area (Å²) in [6.07, 6.45) is 17.6. The van der Waals surface area contributed by atoms with Crippen LogP contribution in [-0.4, -0.2) is 162 Å². The number of aliphatic hydroxyl groups is 1. The van der Waals surface area contributed by atoms with E-state index in [2.05, 4.69) is 38.8 Å². The van der Waals surface area contributed by atoms with Gasteiger partial charge in [0.15, 0.2) is 5.78 Å². The third-order valence-corrected chi connectivity index (χ3v) is 10.2. The zero-order chi connectivity index (χ0) is 47.5. The average molecular weight is 918 g/mol. The number of hydrogen-bond donors (Lipinski definition) is 9. The van der Waals surface area contributed by atoms with Gasteiger partial charge < -0.3 is 61.5 Å². The fourth-order valence-electron chi connectivity index (χ4n) is 6.36. The highest BCUT2D eigenvalue weighted by Gasteiger charge is 2.21. The third kappa shape index (κ3) is 37.6. The quantitative estimate of drug-likeness (QED) is 0.0385. The Bertz CT molecular complexity index is 1260. The standard InChI is InChI=1S/C44H83N7O13/c1-3-4-5-6-7-8-9-10-11-12-13-14-15-19-40(55)51-36(44(59)60)20-21-39(54)48-23-25-61-27-30-64-34-42(57)49-24-26-62-28-29-63-33-41(56)47-22-17-16-18-35(46-2)38(53)31-50-37(32-52)43(45)58/h35-37,46,50,52H,3-34H2,1-2H3,(H2,45,58)(H,47,56)(H,48,54)(H,49,57)(H,51,55)(H,59,60)/t35-,36-,37-/m0/s1. The van der Waals surface area contributed by atoms with Crippen molar-refractivity contribution >= 4 is 41.3 Å². The maximum absolute atomic E-state index is 12.3. The molecule has 0 heterocycles. The molecule has 20 heteroatoms. The molecule has 0 fully saturated rings. The first kappa shape index (κ1) is 60.2. The Balaban J connectivity index is 3.72. The van der Waals surface area contributed by atoms with Crippen LogP contribution in [0.15, 0.2) is 0 Å². The van der Waals surface area contributed by atoms with Crippen LogP contribution in [0.3, 0.4) is 0 Å². The number of unbranched alkanes of at least 4 members (excludes halogenated alkanes) is 13. The van der Waals surface area contributed by atoms with Crippen LogP contribution in [0.2, 0.25) is 0 Å². The van der Waals surface area contributed by atoms with Gasteiger partial charge in [0.25, 0.3) is 0 Å². The number of aliphatic hydroxyl groups excluding tert-OH is 1. The van der Waals surface area contributed by atoms with E-state index in [1.165, 1.54) is 57.8 Å². The number of nitrogens with one attached hydrogen (secondary N) is 6. The lowest BCUT2D eigenvalue weighted by atomic mass is 10.0. The van der Waals surface area contributed by atoms with E-state index >= 15 is 0 Å². The van der Waals surface area contributed by atoms with Crippen LogP contribution in [0.4, 0.5) is 0 Å². The van der Waals surface area contributed by atoms with Gasteiger partial charge >= 0.3 is 5.97 Å². The van der Waals surface area contributed by atoms with Crippen LogP contribution in [-0.2, 0) is 52.5 Å². The van der Waals surface area contributed by atoms with Gasteiger partial charge in [-0.15, -0.1) is 0 Å². The first-order valence-electron chi connectivity index (χ1n) is 23.4. The Morgan fingerprint density at radius 2 is 1.03 bits per heavy atom. The van der Waals surface area contributed by atoms with E-state index in [1.54, 1.807) is 7.05 Å². The fourth-order valence-corrected chi connectivity index (χ4v) is 6.36. The number of carboxylic acid groups (broad SMARTS) is 1. The van der Waals surface area contributed by atoms with Crippen LogP contribution in [0, 0.1) is 0 Å². The maximum Gasteiger partial charge on any atom is 0.326 e. The molecule has 0 bridgehead atoms. The van der Waals surface area contributed by atoms with Crippen LogP contribution in [0.1, 0.15) is 129 Å². The number of ketones is 1. The number of hydrogen-bond acceptors (Lipinski definition) is 14. The first-order valence-corrected chi connectivity index (χ1v) is 23.4. The molecule has 0 saturated carbocycles. The van der Waals surface area contributed by atoms with Gasteiger partial charge in [0.05, 0.1) is 58.8 Å². The molecule has 3 atom stereocenters. The van der Waals surface area contributed by atoms with Crippen molar-refractivity contribution in [2.24, 2.45) is 5.73 Å². The molecule has 0 spiro atoms. The molecule has 0 aromatic rings. The Hall–Kier alpha value is -3.79. The van der Waals surface area contributed by atoms with Crippen molar-refractivity contribution in [3.05, 3.63) is 0 Å². The molecular formula is C44H83N7O13. The molecule has 0 unspecified atom stereocenters. The number of carbonyl (C=O) groups excluding carboxylic acids is 6. The molecule has 0 aliphatic rings. The number of rotatable bonds is 47. The number of nitrogens with two attached hydrogens (primary N) is 1. The molecule has 0 aliphatic carbocycles. The lowest BCUT2D eigenvalue weighted by Crippen LogP contribution is -2.48. The van der Waals surface area contributed by atoms with Crippen LogP contribution in [0.25, 0.3) is 0 Å². The summed E-state index contributed by atoms with van der Waals surface area (Å²) in [6, 6.07) is -2.56. The Morgan fingerprint density at radius 3 is 1.53 bits per heavy atom. The number of amides is 5. The minimum atomic E-state index is -1.17. The third-order valence-electron chi connectivity index (χ3n) is 10.2. The van der Waals surface area contributed by atoms with Crippen molar-refractivity contribution in [2.45, 2.75) is 147 Å². The summed E-state index contributed by atoms with van der Waals surface area (Å²) in [4.78, 5) is 83.6. The van der Waals surface area contributed by atoms with Crippen molar-refractivity contribution < 1.29 is 62.7 Å². The first-order chi connectivity index (χ1) is 30.9. The zero-order valence-electron chi connectivity index (χ0n) is 38.8. The monoisotopic (exact) mass is 918 g/mol. The van der Waals surface area contributed by atoms with Gasteiger partial charge in [0.1, 0.15) is 25.3 Å². The van der Waals surface area contributed by atoms with E-state index in [4.69, 9.17) is 29.8 Å². The molecule has 10 N–H and O–H groups in total. The van der Waals surface area contributed by atoms with Crippen LogP contribution in [0.5, 0.6) is 0 Å². The highest BCUT2D eigenvalue weighted by atomic mass is 16.5. The number of ether oxygens (including phenoxy) is 4. The number of Topliss-reactive ketones (excluding diaryl/α,β-unsaturated/α-hetero) is 1. The second-order valence-electron chi connectivity index (χ2n) is 15.7. The second kappa shape index (κ2) is 43.1.